The van der Waals surface area contributed by atoms with Gasteiger partial charge < -0.3 is 4.74 Å². The lowest BCUT2D eigenvalue weighted by Gasteiger charge is -2.19. The van der Waals surface area contributed by atoms with Gasteiger partial charge in [-0.3, -0.25) is 4.79 Å². The van der Waals surface area contributed by atoms with Gasteiger partial charge in [0.1, 0.15) is 12.4 Å². The van der Waals surface area contributed by atoms with E-state index in [9.17, 15) is 4.79 Å². The van der Waals surface area contributed by atoms with E-state index < -0.39 is 0 Å². The van der Waals surface area contributed by atoms with E-state index in [4.69, 9.17) is 4.74 Å². The summed E-state index contributed by atoms with van der Waals surface area (Å²) in [4.78, 5) is 12.8. The maximum Gasteiger partial charge on any atom is 0.193 e. The number of ether oxygens (including phenoxy) is 1. The molecule has 0 radical (unpaired) electrons. The maximum atomic E-state index is 12.8. The predicted octanol–water partition coefficient (Wildman–Crippen LogP) is 5.79. The number of hydrogen-bond donors (Lipinski definition) is 0. The van der Waals surface area contributed by atoms with Crippen molar-refractivity contribution in [3.05, 3.63) is 101 Å². The SMILES string of the molecule is CC(C)(C)c1ccc(C(=O)c2cccc(OCc3ccccc3)c2)cc1. The van der Waals surface area contributed by atoms with E-state index in [0.717, 1.165) is 5.56 Å². The van der Waals surface area contributed by atoms with Crippen molar-refractivity contribution >= 4 is 5.78 Å². The summed E-state index contributed by atoms with van der Waals surface area (Å²) in [5, 5.41) is 0. The first-order valence-corrected chi connectivity index (χ1v) is 8.85. The Morgan fingerprint density at radius 1 is 0.808 bits per heavy atom. The molecule has 0 atom stereocenters. The third kappa shape index (κ3) is 4.40. The zero-order chi connectivity index (χ0) is 18.6. The van der Waals surface area contributed by atoms with Gasteiger partial charge in [0.15, 0.2) is 5.78 Å². The van der Waals surface area contributed by atoms with E-state index >= 15 is 0 Å². The number of carbonyl (C=O) groups is 1. The van der Waals surface area contributed by atoms with Crippen molar-refractivity contribution in [2.75, 3.05) is 0 Å². The number of benzene rings is 3. The van der Waals surface area contributed by atoms with Crippen LogP contribution < -0.4 is 4.74 Å². The molecule has 2 nitrogen and oxygen atoms in total. The molecule has 0 N–H and O–H groups in total. The zero-order valence-electron chi connectivity index (χ0n) is 15.5. The molecule has 26 heavy (non-hydrogen) atoms. The molecule has 132 valence electrons. The van der Waals surface area contributed by atoms with Gasteiger partial charge in [-0.15, -0.1) is 0 Å². The van der Waals surface area contributed by atoms with Crippen LogP contribution in [0.5, 0.6) is 5.75 Å². The third-order valence-corrected chi connectivity index (χ3v) is 4.36. The van der Waals surface area contributed by atoms with Gasteiger partial charge in [-0.05, 0) is 28.7 Å². The second-order valence-electron chi connectivity index (χ2n) is 7.46. The molecule has 0 fully saturated rings. The normalized spacial score (nSPS) is 11.2. The van der Waals surface area contributed by atoms with Crippen molar-refractivity contribution in [3.8, 4) is 5.75 Å². The van der Waals surface area contributed by atoms with Crippen LogP contribution in [-0.4, -0.2) is 5.78 Å². The standard InChI is InChI=1S/C24H24O2/c1-24(2,3)21-14-12-19(13-15-21)23(25)20-10-7-11-22(16-20)26-17-18-8-5-4-6-9-18/h4-16H,17H2,1-3H3. The van der Waals surface area contributed by atoms with E-state index in [0.29, 0.717) is 23.5 Å². The van der Waals surface area contributed by atoms with E-state index in [1.54, 1.807) is 0 Å². The summed E-state index contributed by atoms with van der Waals surface area (Å²) in [6, 6.07) is 25.2. The Morgan fingerprint density at radius 2 is 1.50 bits per heavy atom. The first kappa shape index (κ1) is 17.9. The summed E-state index contributed by atoms with van der Waals surface area (Å²) in [6.45, 7) is 6.98. The van der Waals surface area contributed by atoms with Crippen molar-refractivity contribution in [2.45, 2.75) is 32.8 Å². The van der Waals surface area contributed by atoms with Gasteiger partial charge in [0.05, 0.1) is 0 Å². The molecule has 0 amide bonds. The summed E-state index contributed by atoms with van der Waals surface area (Å²) >= 11 is 0. The third-order valence-electron chi connectivity index (χ3n) is 4.36. The predicted molar refractivity (Wildman–Crippen MR) is 106 cm³/mol. The minimum Gasteiger partial charge on any atom is -0.489 e. The van der Waals surface area contributed by atoms with Crippen molar-refractivity contribution < 1.29 is 9.53 Å². The van der Waals surface area contributed by atoms with Gasteiger partial charge in [-0.2, -0.15) is 0 Å². The molecule has 2 heteroatoms. The molecule has 3 aromatic carbocycles. The number of ketones is 1. The molecule has 0 saturated heterocycles. The molecule has 0 heterocycles. The molecular weight excluding hydrogens is 320 g/mol. The summed E-state index contributed by atoms with van der Waals surface area (Å²) in [7, 11) is 0. The largest absolute Gasteiger partial charge is 0.489 e. The second-order valence-corrected chi connectivity index (χ2v) is 7.46. The summed E-state index contributed by atoms with van der Waals surface area (Å²) in [5.74, 6) is 0.710. The molecule has 0 aliphatic carbocycles. The van der Waals surface area contributed by atoms with Gasteiger partial charge in [0.2, 0.25) is 0 Å². The van der Waals surface area contributed by atoms with Crippen LogP contribution in [0.15, 0.2) is 78.9 Å². The highest BCUT2D eigenvalue weighted by Gasteiger charge is 2.15. The molecule has 0 unspecified atom stereocenters. The van der Waals surface area contributed by atoms with Crippen LogP contribution in [0.2, 0.25) is 0 Å². The first-order valence-electron chi connectivity index (χ1n) is 8.85. The quantitative estimate of drug-likeness (QED) is 0.547. The first-order chi connectivity index (χ1) is 12.4. The van der Waals surface area contributed by atoms with Crippen LogP contribution in [0.4, 0.5) is 0 Å². The fourth-order valence-corrected chi connectivity index (χ4v) is 2.76. The molecule has 3 aromatic rings. The van der Waals surface area contributed by atoms with Crippen molar-refractivity contribution in [1.82, 2.24) is 0 Å². The molecule has 0 saturated carbocycles. The van der Waals surface area contributed by atoms with Crippen LogP contribution in [-0.2, 0) is 12.0 Å². The van der Waals surface area contributed by atoms with Gasteiger partial charge in [-0.1, -0.05) is 87.5 Å². The van der Waals surface area contributed by atoms with Crippen LogP contribution in [0, 0.1) is 0 Å². The van der Waals surface area contributed by atoms with Crippen molar-refractivity contribution in [1.29, 1.82) is 0 Å². The smallest absolute Gasteiger partial charge is 0.193 e. The van der Waals surface area contributed by atoms with Crippen LogP contribution in [0.25, 0.3) is 0 Å². The minimum absolute atomic E-state index is 0.00983. The summed E-state index contributed by atoms with van der Waals surface area (Å²) < 4.78 is 5.83. The zero-order valence-corrected chi connectivity index (χ0v) is 15.5. The maximum absolute atomic E-state index is 12.8. The Kier molecular flexibility index (Phi) is 5.22. The van der Waals surface area contributed by atoms with Crippen LogP contribution >= 0.6 is 0 Å². The van der Waals surface area contributed by atoms with Crippen LogP contribution in [0.3, 0.4) is 0 Å². The lowest BCUT2D eigenvalue weighted by Crippen LogP contribution is -2.11. The molecule has 0 aromatic heterocycles. The molecule has 0 aliphatic heterocycles. The molecule has 3 rings (SSSR count). The van der Waals surface area contributed by atoms with E-state index in [2.05, 4.69) is 20.8 Å². The minimum atomic E-state index is 0.00983. The van der Waals surface area contributed by atoms with E-state index in [1.807, 2.05) is 78.9 Å². The summed E-state index contributed by atoms with van der Waals surface area (Å²) in [6.07, 6.45) is 0. The van der Waals surface area contributed by atoms with Gasteiger partial charge in [-0.25, -0.2) is 0 Å². The Hall–Kier alpha value is -2.87. The second kappa shape index (κ2) is 7.57. The van der Waals surface area contributed by atoms with E-state index in [-0.39, 0.29) is 11.2 Å². The number of rotatable bonds is 5. The lowest BCUT2D eigenvalue weighted by atomic mass is 9.86. The highest BCUT2D eigenvalue weighted by atomic mass is 16.5. The fourth-order valence-electron chi connectivity index (χ4n) is 2.76. The molecule has 0 aliphatic rings. The Labute approximate surface area is 155 Å². The van der Waals surface area contributed by atoms with Gasteiger partial charge in [0.25, 0.3) is 0 Å². The van der Waals surface area contributed by atoms with Crippen molar-refractivity contribution in [2.24, 2.45) is 0 Å². The summed E-state index contributed by atoms with van der Waals surface area (Å²) in [5.41, 5.74) is 3.72. The Morgan fingerprint density at radius 3 is 2.15 bits per heavy atom. The number of hydrogen-bond acceptors (Lipinski definition) is 2. The Bertz CT molecular complexity index is 872. The number of carbonyl (C=O) groups excluding carboxylic acids is 1. The average Bonchev–Trinajstić information content (AvgIpc) is 2.66. The van der Waals surface area contributed by atoms with Crippen molar-refractivity contribution in [3.63, 3.8) is 0 Å². The highest BCUT2D eigenvalue weighted by molar-refractivity contribution is 6.09. The monoisotopic (exact) mass is 344 g/mol. The van der Waals surface area contributed by atoms with Gasteiger partial charge >= 0.3 is 0 Å². The molecule has 0 bridgehead atoms. The average molecular weight is 344 g/mol. The highest BCUT2D eigenvalue weighted by Crippen LogP contribution is 2.23. The van der Waals surface area contributed by atoms with Crippen LogP contribution in [0.1, 0.15) is 47.8 Å². The lowest BCUT2D eigenvalue weighted by molar-refractivity contribution is 0.103. The fraction of sp³-hybridized carbons (Fsp3) is 0.208. The van der Waals surface area contributed by atoms with Gasteiger partial charge in [0, 0.05) is 11.1 Å². The topological polar surface area (TPSA) is 26.3 Å². The van der Waals surface area contributed by atoms with E-state index in [1.165, 1.54) is 5.56 Å². The molecular formula is C24H24O2. The molecule has 0 spiro atoms. The Balaban J connectivity index is 1.73.